The number of benzene rings is 2. The molecule has 1 N–H and O–H groups in total. The lowest BCUT2D eigenvalue weighted by Gasteiger charge is -2.10. The normalized spacial score (nSPS) is 12.0. The molecular weight excluding hydrogens is 358 g/mol. The van der Waals surface area contributed by atoms with Crippen molar-refractivity contribution < 1.29 is 9.21 Å². The van der Waals surface area contributed by atoms with Crippen LogP contribution in [-0.4, -0.2) is 21.9 Å². The SMILES string of the molecule is CC[C@@H](C)c1ccc(NC(=O)CSc2nnc(-c3ccc(C)cc3)o2)cc1. The number of hydrogen-bond acceptors (Lipinski definition) is 5. The molecule has 0 fully saturated rings. The first-order valence-corrected chi connectivity index (χ1v) is 9.97. The van der Waals surface area contributed by atoms with Gasteiger partial charge in [0.05, 0.1) is 5.75 Å². The molecule has 2 aromatic carbocycles. The number of carbonyl (C=O) groups is 1. The van der Waals surface area contributed by atoms with Gasteiger partial charge >= 0.3 is 0 Å². The van der Waals surface area contributed by atoms with Crippen LogP contribution in [0.3, 0.4) is 0 Å². The van der Waals surface area contributed by atoms with E-state index in [9.17, 15) is 4.79 Å². The number of rotatable bonds is 7. The molecule has 0 saturated carbocycles. The maximum atomic E-state index is 12.2. The fraction of sp³-hybridized carbons (Fsp3) is 0.286. The number of carbonyl (C=O) groups excluding carboxylic acids is 1. The topological polar surface area (TPSA) is 68.0 Å². The van der Waals surface area contributed by atoms with Gasteiger partial charge in [0.2, 0.25) is 11.8 Å². The summed E-state index contributed by atoms with van der Waals surface area (Å²) in [6.07, 6.45) is 1.09. The molecule has 5 nitrogen and oxygen atoms in total. The molecule has 0 saturated heterocycles. The van der Waals surface area contributed by atoms with Gasteiger partial charge in [-0.2, -0.15) is 0 Å². The summed E-state index contributed by atoms with van der Waals surface area (Å²) in [7, 11) is 0. The monoisotopic (exact) mass is 381 g/mol. The molecular formula is C21H23N3O2S. The predicted octanol–water partition coefficient (Wildman–Crippen LogP) is 5.29. The zero-order chi connectivity index (χ0) is 19.2. The van der Waals surface area contributed by atoms with Gasteiger partial charge in [-0.1, -0.05) is 55.4 Å². The van der Waals surface area contributed by atoms with E-state index in [-0.39, 0.29) is 11.7 Å². The first kappa shape index (κ1) is 19.2. The van der Waals surface area contributed by atoms with E-state index in [1.807, 2.05) is 43.3 Å². The van der Waals surface area contributed by atoms with Crippen LogP contribution in [0, 0.1) is 6.92 Å². The van der Waals surface area contributed by atoms with Gasteiger partial charge in [0.15, 0.2) is 0 Å². The summed E-state index contributed by atoms with van der Waals surface area (Å²) >= 11 is 1.23. The van der Waals surface area contributed by atoms with Crippen molar-refractivity contribution in [1.29, 1.82) is 0 Å². The Morgan fingerprint density at radius 2 is 1.81 bits per heavy atom. The molecule has 0 aliphatic heterocycles. The van der Waals surface area contributed by atoms with Gasteiger partial charge in [-0.25, -0.2) is 0 Å². The highest BCUT2D eigenvalue weighted by Crippen LogP contribution is 2.24. The molecule has 0 bridgehead atoms. The Bertz CT molecular complexity index is 889. The van der Waals surface area contributed by atoms with Gasteiger partial charge in [-0.05, 0) is 49.1 Å². The molecule has 27 heavy (non-hydrogen) atoms. The highest BCUT2D eigenvalue weighted by molar-refractivity contribution is 7.99. The van der Waals surface area contributed by atoms with Gasteiger partial charge in [-0.15, -0.1) is 10.2 Å². The van der Waals surface area contributed by atoms with Gasteiger partial charge in [-0.3, -0.25) is 4.79 Å². The van der Waals surface area contributed by atoms with Crippen LogP contribution in [0.5, 0.6) is 0 Å². The van der Waals surface area contributed by atoms with E-state index >= 15 is 0 Å². The Morgan fingerprint density at radius 1 is 1.11 bits per heavy atom. The number of aryl methyl sites for hydroxylation is 1. The minimum atomic E-state index is -0.105. The standard InChI is InChI=1S/C21H23N3O2S/c1-4-15(3)16-9-11-18(12-10-16)22-19(25)13-27-21-24-23-20(26-21)17-7-5-14(2)6-8-17/h5-12,15H,4,13H2,1-3H3,(H,22,25)/t15-/m1/s1. The Labute approximate surface area is 163 Å². The van der Waals surface area contributed by atoms with Crippen LogP contribution < -0.4 is 5.32 Å². The van der Waals surface area contributed by atoms with Crippen molar-refractivity contribution in [3.8, 4) is 11.5 Å². The third kappa shape index (κ3) is 5.20. The summed E-state index contributed by atoms with van der Waals surface area (Å²) in [5.74, 6) is 1.08. The molecule has 0 spiro atoms. The minimum absolute atomic E-state index is 0.105. The number of amides is 1. The van der Waals surface area contributed by atoms with E-state index < -0.39 is 0 Å². The minimum Gasteiger partial charge on any atom is -0.411 e. The van der Waals surface area contributed by atoms with E-state index in [0.29, 0.717) is 17.0 Å². The van der Waals surface area contributed by atoms with Crippen molar-refractivity contribution >= 4 is 23.4 Å². The second-order valence-corrected chi connectivity index (χ2v) is 7.43. The van der Waals surface area contributed by atoms with Gasteiger partial charge < -0.3 is 9.73 Å². The quantitative estimate of drug-likeness (QED) is 0.563. The van der Waals surface area contributed by atoms with E-state index in [1.165, 1.54) is 22.9 Å². The molecule has 1 amide bonds. The highest BCUT2D eigenvalue weighted by atomic mass is 32.2. The van der Waals surface area contributed by atoms with Crippen LogP contribution in [-0.2, 0) is 4.79 Å². The van der Waals surface area contributed by atoms with Gasteiger partial charge in [0, 0.05) is 11.3 Å². The predicted molar refractivity (Wildman–Crippen MR) is 109 cm³/mol. The lowest BCUT2D eigenvalue weighted by molar-refractivity contribution is -0.113. The highest BCUT2D eigenvalue weighted by Gasteiger charge is 2.11. The summed E-state index contributed by atoms with van der Waals surface area (Å²) in [5.41, 5.74) is 4.10. The fourth-order valence-corrected chi connectivity index (χ4v) is 3.10. The molecule has 0 aliphatic rings. The molecule has 1 heterocycles. The van der Waals surface area contributed by atoms with E-state index in [2.05, 4.69) is 41.5 Å². The Morgan fingerprint density at radius 3 is 2.48 bits per heavy atom. The van der Waals surface area contributed by atoms with Crippen molar-refractivity contribution in [3.63, 3.8) is 0 Å². The average Bonchev–Trinajstić information content (AvgIpc) is 3.16. The third-order valence-electron chi connectivity index (χ3n) is 4.41. The van der Waals surface area contributed by atoms with Crippen LogP contribution in [0.25, 0.3) is 11.5 Å². The van der Waals surface area contributed by atoms with Crippen molar-refractivity contribution in [2.45, 2.75) is 38.3 Å². The first-order valence-electron chi connectivity index (χ1n) is 8.98. The molecule has 6 heteroatoms. The summed E-state index contributed by atoms with van der Waals surface area (Å²) in [6, 6.07) is 15.9. The van der Waals surface area contributed by atoms with Crippen LogP contribution in [0.15, 0.2) is 58.2 Å². The number of thioether (sulfide) groups is 1. The molecule has 3 aromatic rings. The zero-order valence-corrected chi connectivity index (χ0v) is 16.5. The van der Waals surface area contributed by atoms with E-state index in [4.69, 9.17) is 4.42 Å². The summed E-state index contributed by atoms with van der Waals surface area (Å²) in [4.78, 5) is 12.2. The lowest BCUT2D eigenvalue weighted by atomic mass is 9.99. The van der Waals surface area contributed by atoms with Crippen LogP contribution in [0.4, 0.5) is 5.69 Å². The average molecular weight is 382 g/mol. The largest absolute Gasteiger partial charge is 0.411 e. The Hall–Kier alpha value is -2.60. The second-order valence-electron chi connectivity index (χ2n) is 6.51. The number of nitrogens with one attached hydrogen (secondary N) is 1. The molecule has 140 valence electrons. The Kier molecular flexibility index (Phi) is 6.29. The molecule has 1 aromatic heterocycles. The number of nitrogens with zero attached hydrogens (tertiary/aromatic N) is 2. The van der Waals surface area contributed by atoms with E-state index in [0.717, 1.165) is 17.7 Å². The van der Waals surface area contributed by atoms with Gasteiger partial charge in [0.1, 0.15) is 0 Å². The first-order chi connectivity index (χ1) is 13.0. The molecule has 0 radical (unpaired) electrons. The molecule has 1 atom stereocenters. The summed E-state index contributed by atoms with van der Waals surface area (Å²) in [6.45, 7) is 6.38. The van der Waals surface area contributed by atoms with Crippen LogP contribution >= 0.6 is 11.8 Å². The number of aromatic nitrogens is 2. The smallest absolute Gasteiger partial charge is 0.277 e. The van der Waals surface area contributed by atoms with E-state index in [1.54, 1.807) is 0 Å². The van der Waals surface area contributed by atoms with Crippen LogP contribution in [0.1, 0.15) is 37.3 Å². The van der Waals surface area contributed by atoms with Crippen molar-refractivity contribution in [1.82, 2.24) is 10.2 Å². The molecule has 0 aliphatic carbocycles. The van der Waals surface area contributed by atoms with Crippen molar-refractivity contribution in [2.24, 2.45) is 0 Å². The van der Waals surface area contributed by atoms with Crippen molar-refractivity contribution in [2.75, 3.05) is 11.1 Å². The Balaban J connectivity index is 1.53. The van der Waals surface area contributed by atoms with Crippen LogP contribution in [0.2, 0.25) is 0 Å². The molecule has 3 rings (SSSR count). The summed E-state index contributed by atoms with van der Waals surface area (Å²) < 4.78 is 5.63. The number of anilines is 1. The summed E-state index contributed by atoms with van der Waals surface area (Å²) in [5, 5.41) is 11.3. The second kappa shape index (κ2) is 8.86. The van der Waals surface area contributed by atoms with Gasteiger partial charge in [0.25, 0.3) is 5.22 Å². The maximum absolute atomic E-state index is 12.2. The van der Waals surface area contributed by atoms with Crippen molar-refractivity contribution in [3.05, 3.63) is 59.7 Å². The lowest BCUT2D eigenvalue weighted by Crippen LogP contribution is -2.14. The third-order valence-corrected chi connectivity index (χ3v) is 5.23. The zero-order valence-electron chi connectivity index (χ0n) is 15.7. The fourth-order valence-electron chi connectivity index (χ4n) is 2.54. The number of hydrogen-bond donors (Lipinski definition) is 1. The molecule has 0 unspecified atom stereocenters. The maximum Gasteiger partial charge on any atom is 0.277 e.